The molecule has 0 aromatic heterocycles. The van der Waals surface area contributed by atoms with Gasteiger partial charge < -0.3 is 14.8 Å². The Hall–Kier alpha value is -1.85. The third-order valence-electron chi connectivity index (χ3n) is 2.87. The maximum absolute atomic E-state index is 13.7. The molecule has 1 heterocycles. The third-order valence-corrected chi connectivity index (χ3v) is 2.87. The molecule has 6 heteroatoms. The second-order valence-corrected chi connectivity index (χ2v) is 4.14. The van der Waals surface area contributed by atoms with Gasteiger partial charge in [-0.15, -0.1) is 0 Å². The number of hydrogen-bond donors (Lipinski definition) is 1. The minimum atomic E-state index is -3.13. The molecule has 1 aromatic rings. The second kappa shape index (κ2) is 4.44. The van der Waals surface area contributed by atoms with Crippen LogP contribution in [-0.2, 0) is 4.74 Å². The zero-order chi connectivity index (χ0) is 13.3. The van der Waals surface area contributed by atoms with Gasteiger partial charge in [0.2, 0.25) is 0 Å². The van der Waals surface area contributed by atoms with Gasteiger partial charge in [0.1, 0.15) is 11.8 Å². The van der Waals surface area contributed by atoms with E-state index in [1.807, 2.05) is 0 Å². The predicted molar refractivity (Wildman–Crippen MR) is 59.9 cm³/mol. The topological polar surface area (TPSA) is 47.6 Å². The van der Waals surface area contributed by atoms with Gasteiger partial charge in [0, 0.05) is 0 Å². The van der Waals surface area contributed by atoms with E-state index in [-0.39, 0.29) is 0 Å². The summed E-state index contributed by atoms with van der Waals surface area (Å²) in [5.41, 5.74) is 0.985. The highest BCUT2D eigenvalue weighted by Crippen LogP contribution is 2.36. The second-order valence-electron chi connectivity index (χ2n) is 4.14. The monoisotopic (exact) mass is 257 g/mol. The SMILES string of the molecule is COc1ccc([C@@H]2NC(=O)OCC2(F)F)c(C)c1. The molecule has 1 N–H and O–H groups in total. The number of hydrogen-bond acceptors (Lipinski definition) is 3. The minimum Gasteiger partial charge on any atom is -0.497 e. The molecule has 4 nitrogen and oxygen atoms in total. The molecule has 0 aliphatic carbocycles. The van der Waals surface area contributed by atoms with Crippen LogP contribution < -0.4 is 10.1 Å². The van der Waals surface area contributed by atoms with Crippen molar-refractivity contribution in [1.82, 2.24) is 5.32 Å². The summed E-state index contributed by atoms with van der Waals surface area (Å²) in [4.78, 5) is 11.1. The van der Waals surface area contributed by atoms with Gasteiger partial charge in [-0.05, 0) is 30.2 Å². The molecular formula is C12H13F2NO3. The Balaban J connectivity index is 2.37. The first-order valence-electron chi connectivity index (χ1n) is 5.39. The van der Waals surface area contributed by atoms with Crippen molar-refractivity contribution < 1.29 is 23.0 Å². The highest BCUT2D eigenvalue weighted by Gasteiger charge is 2.47. The molecule has 0 radical (unpaired) electrons. The molecule has 1 fully saturated rings. The van der Waals surface area contributed by atoms with Crippen molar-refractivity contribution in [3.63, 3.8) is 0 Å². The number of alkyl carbamates (subject to hydrolysis) is 1. The van der Waals surface area contributed by atoms with Crippen LogP contribution in [0.25, 0.3) is 0 Å². The van der Waals surface area contributed by atoms with Crippen molar-refractivity contribution in [1.29, 1.82) is 0 Å². The van der Waals surface area contributed by atoms with Crippen molar-refractivity contribution in [2.75, 3.05) is 13.7 Å². The lowest BCUT2D eigenvalue weighted by atomic mass is 9.95. The van der Waals surface area contributed by atoms with Crippen molar-refractivity contribution in [2.24, 2.45) is 0 Å². The molecule has 98 valence electrons. The number of benzene rings is 1. The van der Waals surface area contributed by atoms with Gasteiger partial charge in [-0.1, -0.05) is 6.07 Å². The third kappa shape index (κ3) is 2.23. The average molecular weight is 257 g/mol. The van der Waals surface area contributed by atoms with Gasteiger partial charge in [-0.3, -0.25) is 0 Å². The largest absolute Gasteiger partial charge is 0.497 e. The van der Waals surface area contributed by atoms with Gasteiger partial charge in [-0.2, -0.15) is 0 Å². The van der Waals surface area contributed by atoms with Gasteiger partial charge >= 0.3 is 12.0 Å². The van der Waals surface area contributed by atoms with Crippen LogP contribution in [0.15, 0.2) is 18.2 Å². The summed E-state index contributed by atoms with van der Waals surface area (Å²) in [6.07, 6.45) is -0.832. The fourth-order valence-electron chi connectivity index (χ4n) is 1.91. The van der Waals surface area contributed by atoms with E-state index in [2.05, 4.69) is 10.1 Å². The number of nitrogens with one attached hydrogen (secondary N) is 1. The number of carbonyl (C=O) groups is 1. The Bertz CT molecular complexity index is 476. The minimum absolute atomic E-state index is 0.359. The van der Waals surface area contributed by atoms with E-state index in [0.717, 1.165) is 0 Å². The lowest BCUT2D eigenvalue weighted by molar-refractivity contribution is -0.104. The van der Waals surface area contributed by atoms with Gasteiger partial charge in [0.25, 0.3) is 0 Å². The van der Waals surface area contributed by atoms with Crippen LogP contribution in [0.3, 0.4) is 0 Å². The molecule has 1 amide bonds. The number of cyclic esters (lactones) is 1. The van der Waals surface area contributed by atoms with Crippen molar-refractivity contribution >= 4 is 6.09 Å². The van der Waals surface area contributed by atoms with E-state index in [1.165, 1.54) is 13.2 Å². The highest BCUT2D eigenvalue weighted by atomic mass is 19.3. The van der Waals surface area contributed by atoms with Crippen molar-refractivity contribution in [3.8, 4) is 5.75 Å². The predicted octanol–water partition coefficient (Wildman–Crippen LogP) is 2.42. The first-order valence-corrected chi connectivity index (χ1v) is 5.39. The summed E-state index contributed by atoms with van der Waals surface area (Å²) in [7, 11) is 1.50. The normalized spacial score (nSPS) is 22.0. The van der Waals surface area contributed by atoms with E-state index in [1.54, 1.807) is 19.1 Å². The fraction of sp³-hybridized carbons (Fsp3) is 0.417. The quantitative estimate of drug-likeness (QED) is 0.885. The molecule has 2 rings (SSSR count). The van der Waals surface area contributed by atoms with E-state index in [4.69, 9.17) is 4.74 Å². The number of methoxy groups -OCH3 is 1. The standard InChI is InChI=1S/C12H13F2NO3/c1-7-5-8(17-2)3-4-9(7)10-12(13,14)6-18-11(16)15-10/h3-5,10H,6H2,1-2H3,(H,15,16)/t10-/m0/s1. The molecule has 1 atom stereocenters. The number of ether oxygens (including phenoxy) is 2. The molecule has 0 saturated carbocycles. The van der Waals surface area contributed by atoms with Gasteiger partial charge in [0.15, 0.2) is 6.61 Å². The van der Waals surface area contributed by atoms with Crippen LogP contribution >= 0.6 is 0 Å². The smallest absolute Gasteiger partial charge is 0.408 e. The Labute approximate surface area is 103 Å². The number of carbonyl (C=O) groups excluding carboxylic acids is 1. The molecule has 0 spiro atoms. The maximum atomic E-state index is 13.7. The van der Waals surface area contributed by atoms with E-state index < -0.39 is 24.7 Å². The number of aryl methyl sites for hydroxylation is 1. The van der Waals surface area contributed by atoms with E-state index >= 15 is 0 Å². The molecule has 1 saturated heterocycles. The van der Waals surface area contributed by atoms with Gasteiger partial charge in [-0.25, -0.2) is 13.6 Å². The number of alkyl halides is 2. The molecular weight excluding hydrogens is 244 g/mol. The lowest BCUT2D eigenvalue weighted by Gasteiger charge is -2.32. The van der Waals surface area contributed by atoms with Crippen LogP contribution in [0.5, 0.6) is 5.75 Å². The Morgan fingerprint density at radius 1 is 1.50 bits per heavy atom. The maximum Gasteiger partial charge on any atom is 0.408 e. The van der Waals surface area contributed by atoms with Gasteiger partial charge in [0.05, 0.1) is 7.11 Å². The van der Waals surface area contributed by atoms with E-state index in [9.17, 15) is 13.6 Å². The zero-order valence-corrected chi connectivity index (χ0v) is 10.00. The summed E-state index contributed by atoms with van der Waals surface area (Å²) in [6.45, 7) is 0.782. The summed E-state index contributed by atoms with van der Waals surface area (Å²) in [5.74, 6) is -2.55. The Kier molecular flexibility index (Phi) is 3.11. The number of amides is 1. The van der Waals surface area contributed by atoms with Crippen LogP contribution in [0.1, 0.15) is 17.2 Å². The summed E-state index contributed by atoms with van der Waals surface area (Å²) in [5, 5.41) is 2.15. The molecule has 18 heavy (non-hydrogen) atoms. The average Bonchev–Trinajstić information content (AvgIpc) is 2.32. The van der Waals surface area contributed by atoms with Crippen molar-refractivity contribution in [2.45, 2.75) is 18.9 Å². The van der Waals surface area contributed by atoms with Crippen molar-refractivity contribution in [3.05, 3.63) is 29.3 Å². The summed E-state index contributed by atoms with van der Waals surface area (Å²) >= 11 is 0. The Morgan fingerprint density at radius 3 is 2.83 bits per heavy atom. The first-order chi connectivity index (χ1) is 8.44. The Morgan fingerprint density at radius 2 is 2.22 bits per heavy atom. The molecule has 1 aromatic carbocycles. The molecule has 1 aliphatic rings. The molecule has 0 bridgehead atoms. The number of rotatable bonds is 2. The van der Waals surface area contributed by atoms with Crippen LogP contribution in [0.2, 0.25) is 0 Å². The first kappa shape index (κ1) is 12.6. The molecule has 1 aliphatic heterocycles. The fourth-order valence-corrected chi connectivity index (χ4v) is 1.91. The van der Waals surface area contributed by atoms with Crippen LogP contribution in [0.4, 0.5) is 13.6 Å². The van der Waals surface area contributed by atoms with Crippen LogP contribution in [0, 0.1) is 6.92 Å². The summed E-state index contributed by atoms with van der Waals surface area (Å²) < 4.78 is 36.8. The van der Waals surface area contributed by atoms with Crippen LogP contribution in [-0.4, -0.2) is 25.7 Å². The zero-order valence-electron chi connectivity index (χ0n) is 10.00. The number of halogens is 2. The highest BCUT2D eigenvalue weighted by molar-refractivity contribution is 5.69. The molecule has 0 unspecified atom stereocenters. The lowest BCUT2D eigenvalue weighted by Crippen LogP contribution is -2.49. The van der Waals surface area contributed by atoms with E-state index in [0.29, 0.717) is 16.9 Å². The summed E-state index contributed by atoms with van der Waals surface area (Å²) in [6, 6.07) is 3.38.